The molecule has 1 atom stereocenters. The van der Waals surface area contributed by atoms with E-state index in [1.165, 1.54) is 11.3 Å². The van der Waals surface area contributed by atoms with Gasteiger partial charge in [0.25, 0.3) is 0 Å². The van der Waals surface area contributed by atoms with Gasteiger partial charge in [-0.2, -0.15) is 4.98 Å². The highest BCUT2D eigenvalue weighted by Crippen LogP contribution is 2.30. The summed E-state index contributed by atoms with van der Waals surface area (Å²) in [7, 11) is 0. The van der Waals surface area contributed by atoms with E-state index < -0.39 is 0 Å². The van der Waals surface area contributed by atoms with Crippen molar-refractivity contribution in [2.45, 2.75) is 46.0 Å². The molecule has 162 valence electrons. The normalized spacial score (nSPS) is 19.7. The first kappa shape index (κ1) is 20.7. The summed E-state index contributed by atoms with van der Waals surface area (Å²) in [6, 6.07) is 0.321. The van der Waals surface area contributed by atoms with E-state index in [1.54, 1.807) is 4.52 Å². The Kier molecular flexibility index (Phi) is 6.52. The van der Waals surface area contributed by atoms with Crippen molar-refractivity contribution in [3.63, 3.8) is 0 Å². The van der Waals surface area contributed by atoms with Crippen molar-refractivity contribution < 1.29 is 4.74 Å². The van der Waals surface area contributed by atoms with Crippen molar-refractivity contribution in [1.82, 2.24) is 29.8 Å². The molecule has 4 rings (SSSR count). The van der Waals surface area contributed by atoms with Gasteiger partial charge in [-0.1, -0.05) is 32.4 Å². The van der Waals surface area contributed by atoms with Crippen LogP contribution in [-0.4, -0.2) is 57.3 Å². The number of aromatic nitrogens is 4. The Morgan fingerprint density at radius 1 is 1.27 bits per heavy atom. The summed E-state index contributed by atoms with van der Waals surface area (Å²) in [4.78, 5) is 11.2. The second-order valence-corrected chi connectivity index (χ2v) is 8.04. The van der Waals surface area contributed by atoms with Crippen molar-refractivity contribution >= 4 is 11.5 Å². The maximum Gasteiger partial charge on any atom is 0.336 e. The van der Waals surface area contributed by atoms with Gasteiger partial charge in [-0.05, 0) is 37.2 Å². The zero-order valence-electron chi connectivity index (χ0n) is 18.1. The SMILES string of the molecule is CCCCOc1nc(N)c2ncc(CC3C=C(CC)C(N4CCNCC4)=CC3)n2n1. The van der Waals surface area contributed by atoms with Crippen LogP contribution in [0.2, 0.25) is 0 Å². The van der Waals surface area contributed by atoms with Gasteiger partial charge in [0, 0.05) is 31.9 Å². The van der Waals surface area contributed by atoms with Crippen LogP contribution in [0.3, 0.4) is 0 Å². The lowest BCUT2D eigenvalue weighted by Crippen LogP contribution is -2.43. The molecule has 0 radical (unpaired) electrons. The van der Waals surface area contributed by atoms with Gasteiger partial charge >= 0.3 is 6.01 Å². The van der Waals surface area contributed by atoms with Gasteiger partial charge in [0.05, 0.1) is 18.5 Å². The van der Waals surface area contributed by atoms with Gasteiger partial charge in [-0.25, -0.2) is 9.50 Å². The maximum atomic E-state index is 6.11. The van der Waals surface area contributed by atoms with Crippen LogP contribution in [0.5, 0.6) is 6.01 Å². The predicted octanol–water partition coefficient (Wildman–Crippen LogP) is 2.57. The molecule has 0 amide bonds. The molecule has 2 aromatic heterocycles. The van der Waals surface area contributed by atoms with Crippen molar-refractivity contribution in [2.75, 3.05) is 38.5 Å². The van der Waals surface area contributed by atoms with E-state index >= 15 is 0 Å². The molecule has 2 aromatic rings. The third-order valence-electron chi connectivity index (χ3n) is 5.86. The van der Waals surface area contributed by atoms with Gasteiger partial charge < -0.3 is 20.7 Å². The van der Waals surface area contributed by atoms with Gasteiger partial charge in [0.2, 0.25) is 0 Å². The summed E-state index contributed by atoms with van der Waals surface area (Å²) in [5.74, 6) is 0.782. The van der Waals surface area contributed by atoms with Crippen LogP contribution in [0.1, 0.15) is 45.2 Å². The standard InChI is InChI=1S/C22H33N7O/c1-3-5-12-30-22-26-20(23)21-25-15-18(29(21)27-22)14-16-6-7-19(17(4-2)13-16)28-10-8-24-9-11-28/h7,13,15-16,24H,3-6,8-12,14H2,1-2H3,(H2,23,26,27). The number of hydrogen-bond donors (Lipinski definition) is 2. The van der Waals surface area contributed by atoms with Gasteiger partial charge in [-0.15, -0.1) is 5.10 Å². The number of nitrogens with one attached hydrogen (secondary N) is 1. The predicted molar refractivity (Wildman–Crippen MR) is 118 cm³/mol. The van der Waals surface area contributed by atoms with Gasteiger partial charge in [0.1, 0.15) is 0 Å². The molecule has 1 aliphatic carbocycles. The van der Waals surface area contributed by atoms with Crippen LogP contribution in [0, 0.1) is 5.92 Å². The first-order valence-corrected chi connectivity index (χ1v) is 11.2. The molecule has 1 fully saturated rings. The van der Waals surface area contributed by atoms with E-state index in [1.807, 2.05) is 6.20 Å². The summed E-state index contributed by atoms with van der Waals surface area (Å²) < 4.78 is 7.49. The number of fused-ring (bicyclic) bond motifs is 1. The van der Waals surface area contributed by atoms with E-state index in [-0.39, 0.29) is 0 Å². The largest absolute Gasteiger partial charge is 0.462 e. The Labute approximate surface area is 178 Å². The van der Waals surface area contributed by atoms with Crippen molar-refractivity contribution in [2.24, 2.45) is 5.92 Å². The van der Waals surface area contributed by atoms with Gasteiger partial charge in [0.15, 0.2) is 11.5 Å². The van der Waals surface area contributed by atoms with Crippen LogP contribution >= 0.6 is 0 Å². The number of piperazine rings is 1. The topological polar surface area (TPSA) is 93.6 Å². The molecule has 30 heavy (non-hydrogen) atoms. The van der Waals surface area contributed by atoms with Crippen LogP contribution in [0.4, 0.5) is 5.82 Å². The Morgan fingerprint density at radius 3 is 2.87 bits per heavy atom. The Morgan fingerprint density at radius 2 is 2.10 bits per heavy atom. The zero-order chi connectivity index (χ0) is 20.9. The third kappa shape index (κ3) is 4.43. The number of rotatable bonds is 8. The molecule has 2 aliphatic rings. The van der Waals surface area contributed by atoms with Crippen LogP contribution in [0.25, 0.3) is 5.65 Å². The summed E-state index contributed by atoms with van der Waals surface area (Å²) in [6.07, 6.45) is 11.7. The van der Waals surface area contributed by atoms with E-state index in [9.17, 15) is 0 Å². The molecule has 3 N–H and O–H groups in total. The summed E-state index contributed by atoms with van der Waals surface area (Å²) in [5.41, 5.74) is 10.6. The fourth-order valence-electron chi connectivity index (χ4n) is 4.22. The Balaban J connectivity index is 1.51. The smallest absolute Gasteiger partial charge is 0.336 e. The molecule has 1 saturated heterocycles. The lowest BCUT2D eigenvalue weighted by molar-refractivity contribution is 0.280. The molecule has 8 heteroatoms. The first-order chi connectivity index (χ1) is 14.7. The number of imidazole rings is 1. The number of allylic oxidation sites excluding steroid dienone is 3. The van der Waals surface area contributed by atoms with Crippen LogP contribution in [-0.2, 0) is 6.42 Å². The maximum absolute atomic E-state index is 6.11. The van der Waals surface area contributed by atoms with Crippen LogP contribution < -0.4 is 15.8 Å². The molecule has 0 saturated carbocycles. The van der Waals surface area contributed by atoms with Crippen LogP contribution in [0.15, 0.2) is 29.6 Å². The Bertz CT molecular complexity index is 927. The number of hydrogen-bond acceptors (Lipinski definition) is 7. The monoisotopic (exact) mass is 411 g/mol. The fourth-order valence-corrected chi connectivity index (χ4v) is 4.22. The third-order valence-corrected chi connectivity index (χ3v) is 5.86. The molecular weight excluding hydrogens is 378 g/mol. The Hall–Kier alpha value is -2.61. The van der Waals surface area contributed by atoms with Crippen molar-refractivity contribution in [1.29, 1.82) is 0 Å². The quantitative estimate of drug-likeness (QED) is 0.645. The summed E-state index contributed by atoms with van der Waals surface area (Å²) in [6.45, 7) is 9.24. The van der Waals surface area contributed by atoms with E-state index in [0.717, 1.165) is 64.0 Å². The number of ether oxygens (including phenoxy) is 1. The second-order valence-electron chi connectivity index (χ2n) is 8.04. The lowest BCUT2D eigenvalue weighted by atomic mass is 9.89. The van der Waals surface area contributed by atoms with Gasteiger partial charge in [-0.3, -0.25) is 0 Å². The average molecular weight is 412 g/mol. The lowest BCUT2D eigenvalue weighted by Gasteiger charge is -2.35. The summed E-state index contributed by atoms with van der Waals surface area (Å²) >= 11 is 0. The highest BCUT2D eigenvalue weighted by Gasteiger charge is 2.22. The number of nitrogens with zero attached hydrogens (tertiary/aromatic N) is 5. The number of anilines is 1. The molecule has 1 unspecified atom stereocenters. The minimum atomic E-state index is 0.321. The van der Waals surface area contributed by atoms with E-state index in [0.29, 0.717) is 30.0 Å². The second kappa shape index (κ2) is 9.47. The number of nitrogens with two attached hydrogens (primary N) is 1. The van der Waals surface area contributed by atoms with E-state index in [4.69, 9.17) is 10.5 Å². The molecule has 0 spiro atoms. The molecule has 3 heterocycles. The van der Waals surface area contributed by atoms with Crippen molar-refractivity contribution in [3.8, 4) is 6.01 Å². The average Bonchev–Trinajstić information content (AvgIpc) is 3.17. The molecule has 1 aliphatic heterocycles. The molecule has 0 bridgehead atoms. The van der Waals surface area contributed by atoms with E-state index in [2.05, 4.69) is 51.3 Å². The minimum Gasteiger partial charge on any atom is -0.462 e. The highest BCUT2D eigenvalue weighted by atomic mass is 16.5. The molecule has 0 aromatic carbocycles. The number of unbranched alkanes of at least 4 members (excludes halogenated alkanes) is 1. The first-order valence-electron chi connectivity index (χ1n) is 11.2. The highest BCUT2D eigenvalue weighted by molar-refractivity contribution is 5.59. The minimum absolute atomic E-state index is 0.321. The summed E-state index contributed by atoms with van der Waals surface area (Å²) in [5, 5.41) is 7.99. The number of nitrogen functional groups attached to an aromatic ring is 1. The molecule has 8 nitrogen and oxygen atoms in total. The van der Waals surface area contributed by atoms with Crippen molar-refractivity contribution in [3.05, 3.63) is 35.3 Å². The fraction of sp³-hybridized carbons (Fsp3) is 0.591. The molecular formula is C22H33N7O. The zero-order valence-corrected chi connectivity index (χ0v) is 18.1.